The van der Waals surface area contributed by atoms with Gasteiger partial charge >= 0.3 is 5.97 Å². The van der Waals surface area contributed by atoms with Gasteiger partial charge in [0.1, 0.15) is 5.75 Å². The Bertz CT molecular complexity index is 953. The average Bonchev–Trinajstić information content (AvgIpc) is 2.72. The fourth-order valence-corrected chi connectivity index (χ4v) is 4.13. The van der Waals surface area contributed by atoms with Gasteiger partial charge < -0.3 is 9.84 Å². The van der Waals surface area contributed by atoms with Gasteiger partial charge in [-0.25, -0.2) is 4.79 Å². The van der Waals surface area contributed by atoms with Gasteiger partial charge in [0, 0.05) is 14.2 Å². The molecular formula is C23H19IO3S. The van der Waals surface area contributed by atoms with Crippen molar-refractivity contribution in [3.63, 3.8) is 0 Å². The maximum atomic E-state index is 10.6. The summed E-state index contributed by atoms with van der Waals surface area (Å²) in [6.07, 6.45) is 2.26. The van der Waals surface area contributed by atoms with Crippen molar-refractivity contribution in [3.05, 3.63) is 99.6 Å². The second kappa shape index (κ2) is 10.3. The van der Waals surface area contributed by atoms with Crippen LogP contribution in [0.2, 0.25) is 0 Å². The van der Waals surface area contributed by atoms with Gasteiger partial charge in [0.05, 0.1) is 0 Å². The van der Waals surface area contributed by atoms with Crippen LogP contribution in [0, 0.1) is 3.57 Å². The van der Waals surface area contributed by atoms with Gasteiger partial charge in [-0.3, -0.25) is 0 Å². The molecule has 1 N–H and O–H groups in total. The summed E-state index contributed by atoms with van der Waals surface area (Å²) in [6.45, 7) is -0.328. The number of hydrogen-bond donors (Lipinski definition) is 1. The standard InChI is InChI=1S/C23H19IO3S/c24-22-9-5-4-8-21(22)20(17-6-2-1-3-7-17)14-15-28-19-12-10-18(11-13-19)27-16-23(25)26/h1-14H,15-16H2,(H,25,26)/b20-14+. The minimum absolute atomic E-state index is 0.328. The Morgan fingerprint density at radius 3 is 2.32 bits per heavy atom. The Morgan fingerprint density at radius 1 is 0.964 bits per heavy atom. The van der Waals surface area contributed by atoms with Crippen molar-refractivity contribution in [3.8, 4) is 5.75 Å². The van der Waals surface area contributed by atoms with Crippen molar-refractivity contribution in [1.29, 1.82) is 0 Å². The van der Waals surface area contributed by atoms with Gasteiger partial charge in [-0.1, -0.05) is 54.6 Å². The lowest BCUT2D eigenvalue weighted by Gasteiger charge is -2.11. The summed E-state index contributed by atoms with van der Waals surface area (Å²) in [5, 5.41) is 8.67. The van der Waals surface area contributed by atoms with E-state index in [4.69, 9.17) is 9.84 Å². The van der Waals surface area contributed by atoms with Crippen molar-refractivity contribution in [1.82, 2.24) is 0 Å². The molecule has 142 valence electrons. The second-order valence-electron chi connectivity index (χ2n) is 5.93. The Balaban J connectivity index is 1.74. The van der Waals surface area contributed by atoms with E-state index < -0.39 is 5.97 Å². The quantitative estimate of drug-likeness (QED) is 0.304. The molecule has 0 unspecified atom stereocenters. The zero-order valence-electron chi connectivity index (χ0n) is 15.0. The molecule has 0 radical (unpaired) electrons. The van der Waals surface area contributed by atoms with Crippen molar-refractivity contribution in [2.24, 2.45) is 0 Å². The lowest BCUT2D eigenvalue weighted by molar-refractivity contribution is -0.139. The highest BCUT2D eigenvalue weighted by Gasteiger charge is 2.08. The van der Waals surface area contributed by atoms with E-state index in [2.05, 4.69) is 77.2 Å². The van der Waals surface area contributed by atoms with E-state index in [-0.39, 0.29) is 6.61 Å². The number of benzene rings is 3. The average molecular weight is 502 g/mol. The molecule has 0 saturated carbocycles. The fourth-order valence-electron chi connectivity index (χ4n) is 2.68. The number of thioether (sulfide) groups is 1. The SMILES string of the molecule is O=C(O)COc1ccc(SC/C=C(\c2ccccc2)c2ccccc2I)cc1. The topological polar surface area (TPSA) is 46.5 Å². The van der Waals surface area contributed by atoms with E-state index in [1.165, 1.54) is 20.3 Å². The molecule has 0 amide bonds. The molecule has 3 aromatic rings. The predicted molar refractivity (Wildman–Crippen MR) is 123 cm³/mol. The number of hydrogen-bond acceptors (Lipinski definition) is 3. The van der Waals surface area contributed by atoms with Gasteiger partial charge in [0.25, 0.3) is 0 Å². The van der Waals surface area contributed by atoms with E-state index in [9.17, 15) is 4.79 Å². The van der Waals surface area contributed by atoms with Crippen LogP contribution in [0.15, 0.2) is 89.8 Å². The number of rotatable bonds is 8. The molecule has 0 aliphatic heterocycles. The third-order valence-corrected chi connectivity index (χ3v) is 5.85. The van der Waals surface area contributed by atoms with E-state index in [0.717, 1.165) is 10.6 Å². The zero-order valence-corrected chi connectivity index (χ0v) is 18.0. The number of aliphatic carboxylic acids is 1. The number of carboxylic acid groups (broad SMARTS) is 1. The third-order valence-electron chi connectivity index (χ3n) is 3.97. The van der Waals surface area contributed by atoms with Crippen molar-refractivity contribution < 1.29 is 14.6 Å². The van der Waals surface area contributed by atoms with Crippen LogP contribution in [-0.2, 0) is 4.79 Å². The minimum atomic E-state index is -0.979. The summed E-state index contributed by atoms with van der Waals surface area (Å²) in [5.41, 5.74) is 3.65. The number of halogens is 1. The summed E-state index contributed by atoms with van der Waals surface area (Å²) < 4.78 is 6.39. The van der Waals surface area contributed by atoms with Gasteiger partial charge in [0.15, 0.2) is 6.61 Å². The van der Waals surface area contributed by atoms with E-state index in [0.29, 0.717) is 5.75 Å². The molecule has 0 heterocycles. The highest BCUT2D eigenvalue weighted by atomic mass is 127. The molecule has 3 nitrogen and oxygen atoms in total. The molecule has 3 aromatic carbocycles. The van der Waals surface area contributed by atoms with Crippen LogP contribution in [0.4, 0.5) is 0 Å². The molecule has 0 bridgehead atoms. The van der Waals surface area contributed by atoms with E-state index in [1.54, 1.807) is 23.9 Å². The first-order valence-electron chi connectivity index (χ1n) is 8.71. The molecule has 0 aliphatic rings. The van der Waals surface area contributed by atoms with Crippen LogP contribution in [-0.4, -0.2) is 23.4 Å². The molecular weight excluding hydrogens is 483 g/mol. The van der Waals surface area contributed by atoms with Crippen molar-refractivity contribution in [2.75, 3.05) is 12.4 Å². The first kappa shape index (κ1) is 20.5. The lowest BCUT2D eigenvalue weighted by Crippen LogP contribution is -2.09. The number of carbonyl (C=O) groups is 1. The minimum Gasteiger partial charge on any atom is -0.482 e. The maximum absolute atomic E-state index is 10.6. The van der Waals surface area contributed by atoms with E-state index >= 15 is 0 Å². The summed E-state index contributed by atoms with van der Waals surface area (Å²) >= 11 is 4.10. The third kappa shape index (κ3) is 5.87. The number of ether oxygens (including phenoxy) is 1. The van der Waals surface area contributed by atoms with Crippen LogP contribution in [0.5, 0.6) is 5.75 Å². The maximum Gasteiger partial charge on any atom is 0.341 e. The first-order chi connectivity index (χ1) is 13.6. The summed E-state index contributed by atoms with van der Waals surface area (Å²) in [5.74, 6) is 0.406. The van der Waals surface area contributed by atoms with Gasteiger partial charge in [-0.05, 0) is 69.6 Å². The lowest BCUT2D eigenvalue weighted by atomic mass is 9.98. The second-order valence-corrected chi connectivity index (χ2v) is 8.18. The molecule has 0 aliphatic carbocycles. The first-order valence-corrected chi connectivity index (χ1v) is 10.8. The van der Waals surface area contributed by atoms with Crippen LogP contribution in [0.3, 0.4) is 0 Å². The Morgan fingerprint density at radius 2 is 1.64 bits per heavy atom. The summed E-state index contributed by atoms with van der Waals surface area (Å²) in [6, 6.07) is 26.3. The van der Waals surface area contributed by atoms with Crippen molar-refractivity contribution in [2.45, 2.75) is 4.90 Å². The van der Waals surface area contributed by atoms with Gasteiger partial charge in [-0.15, -0.1) is 11.8 Å². The molecule has 0 atom stereocenters. The highest BCUT2D eigenvalue weighted by Crippen LogP contribution is 2.29. The summed E-state index contributed by atoms with van der Waals surface area (Å²) in [7, 11) is 0. The van der Waals surface area contributed by atoms with E-state index in [1.807, 2.05) is 18.2 Å². The normalized spacial score (nSPS) is 11.2. The van der Waals surface area contributed by atoms with Crippen LogP contribution in [0.1, 0.15) is 11.1 Å². The fraction of sp³-hybridized carbons (Fsp3) is 0.0870. The van der Waals surface area contributed by atoms with Crippen LogP contribution < -0.4 is 4.74 Å². The molecule has 3 rings (SSSR count). The Labute approximate surface area is 182 Å². The molecule has 0 fully saturated rings. The summed E-state index contributed by atoms with van der Waals surface area (Å²) in [4.78, 5) is 11.7. The van der Waals surface area contributed by atoms with Gasteiger partial charge in [0.2, 0.25) is 0 Å². The smallest absolute Gasteiger partial charge is 0.341 e. The Hall–Kier alpha value is -2.25. The predicted octanol–water partition coefficient (Wildman–Crippen LogP) is 5.98. The molecule has 0 saturated heterocycles. The molecule has 0 spiro atoms. The van der Waals surface area contributed by atoms with Crippen molar-refractivity contribution >= 4 is 45.9 Å². The molecule has 28 heavy (non-hydrogen) atoms. The van der Waals surface area contributed by atoms with Gasteiger partial charge in [-0.2, -0.15) is 0 Å². The largest absolute Gasteiger partial charge is 0.482 e. The Kier molecular flexibility index (Phi) is 7.56. The molecule has 5 heteroatoms. The van der Waals surface area contributed by atoms with Crippen LogP contribution in [0.25, 0.3) is 5.57 Å². The highest BCUT2D eigenvalue weighted by molar-refractivity contribution is 14.1. The monoisotopic (exact) mass is 502 g/mol. The molecule has 0 aromatic heterocycles. The zero-order chi connectivity index (χ0) is 19.8. The number of carboxylic acids is 1. The van der Waals surface area contributed by atoms with Crippen LogP contribution >= 0.6 is 34.4 Å².